The van der Waals surface area contributed by atoms with Gasteiger partial charge in [-0.05, 0) is 30.7 Å². The van der Waals surface area contributed by atoms with Crippen LogP contribution in [0.4, 0.5) is 11.4 Å². The lowest BCUT2D eigenvalue weighted by Crippen LogP contribution is -2.54. The molecular formula is C23H30N4O2. The topological polar surface area (TPSA) is 78.7 Å². The molecule has 1 amide bonds. The summed E-state index contributed by atoms with van der Waals surface area (Å²) in [6, 6.07) is 17.3. The van der Waals surface area contributed by atoms with Gasteiger partial charge in [0.05, 0.1) is 11.6 Å². The van der Waals surface area contributed by atoms with Gasteiger partial charge in [-0.1, -0.05) is 37.3 Å². The first kappa shape index (κ1) is 20.9. The Hall–Kier alpha value is -2.86. The highest BCUT2D eigenvalue weighted by Crippen LogP contribution is 2.19. The molecule has 1 aliphatic rings. The fourth-order valence-corrected chi connectivity index (χ4v) is 3.85. The van der Waals surface area contributed by atoms with Crippen LogP contribution in [0.25, 0.3) is 0 Å². The molecule has 2 aromatic rings. The van der Waals surface area contributed by atoms with Crippen LogP contribution >= 0.6 is 0 Å². The van der Waals surface area contributed by atoms with Gasteiger partial charge in [0.15, 0.2) is 5.78 Å². The van der Waals surface area contributed by atoms with Gasteiger partial charge in [0.1, 0.15) is 0 Å². The summed E-state index contributed by atoms with van der Waals surface area (Å²) in [5, 5.41) is 3.30. The van der Waals surface area contributed by atoms with Crippen molar-refractivity contribution in [1.82, 2.24) is 4.90 Å². The fraction of sp³-hybridized carbons (Fsp3) is 0.391. The van der Waals surface area contributed by atoms with Crippen LogP contribution in [0.2, 0.25) is 0 Å². The lowest BCUT2D eigenvalue weighted by molar-refractivity contribution is -0.124. The minimum Gasteiger partial charge on any atom is -0.382 e. The number of primary amides is 1. The molecule has 3 rings (SSSR count). The van der Waals surface area contributed by atoms with Crippen molar-refractivity contribution < 1.29 is 9.59 Å². The maximum Gasteiger partial charge on any atom is 0.250 e. The number of benzene rings is 2. The molecule has 1 heterocycles. The summed E-state index contributed by atoms with van der Waals surface area (Å²) in [5.74, 6) is -0.231. The van der Waals surface area contributed by atoms with Crippen molar-refractivity contribution in [1.29, 1.82) is 0 Å². The minimum atomic E-state index is -0.471. The number of para-hydroxylation sites is 2. The predicted octanol–water partition coefficient (Wildman–Crippen LogP) is 2.76. The zero-order chi connectivity index (χ0) is 20.6. The molecule has 0 radical (unpaired) electrons. The second-order valence-corrected chi connectivity index (χ2v) is 7.38. The number of carbonyl (C=O) groups excluding carboxylic acids is 2. The molecule has 29 heavy (non-hydrogen) atoms. The summed E-state index contributed by atoms with van der Waals surface area (Å²) < 4.78 is 0. The van der Waals surface area contributed by atoms with E-state index in [2.05, 4.69) is 39.4 Å². The van der Waals surface area contributed by atoms with Crippen LogP contribution < -0.4 is 16.0 Å². The normalized spacial score (nSPS) is 15.7. The summed E-state index contributed by atoms with van der Waals surface area (Å²) in [7, 11) is 0. The standard InChI is InChI=1S/C23H30N4O2/c1-2-8-22(28)21(17-25-20-12-7-6-11-19(20)23(24)29)27-15-13-26(14-16-27)18-9-4-3-5-10-18/h3-7,9-12,21,25H,2,8,13-17H2,1H3,(H2,24,29). The highest BCUT2D eigenvalue weighted by Gasteiger charge is 2.28. The van der Waals surface area contributed by atoms with Gasteiger partial charge >= 0.3 is 0 Å². The summed E-state index contributed by atoms with van der Waals surface area (Å²) in [5.41, 5.74) is 7.82. The molecular weight excluding hydrogens is 364 g/mol. The van der Waals surface area contributed by atoms with Gasteiger partial charge in [-0.25, -0.2) is 0 Å². The molecule has 1 atom stereocenters. The zero-order valence-corrected chi connectivity index (χ0v) is 17.0. The van der Waals surface area contributed by atoms with E-state index >= 15 is 0 Å². The van der Waals surface area contributed by atoms with E-state index in [4.69, 9.17) is 5.73 Å². The number of ketones is 1. The number of anilines is 2. The van der Waals surface area contributed by atoms with Crippen molar-refractivity contribution in [2.45, 2.75) is 25.8 Å². The molecule has 1 aliphatic heterocycles. The van der Waals surface area contributed by atoms with Gasteiger partial charge in [-0.15, -0.1) is 0 Å². The minimum absolute atomic E-state index is 0.214. The van der Waals surface area contributed by atoms with E-state index in [9.17, 15) is 9.59 Å². The first-order valence-corrected chi connectivity index (χ1v) is 10.3. The SMILES string of the molecule is CCCC(=O)C(CNc1ccccc1C(N)=O)N1CCN(c2ccccc2)CC1. The van der Waals surface area contributed by atoms with Crippen molar-refractivity contribution in [3.05, 3.63) is 60.2 Å². The summed E-state index contributed by atoms with van der Waals surface area (Å²) in [6.45, 7) is 5.92. The number of piperazine rings is 1. The van der Waals surface area contributed by atoms with Crippen LogP contribution in [0.1, 0.15) is 30.1 Å². The van der Waals surface area contributed by atoms with E-state index in [1.807, 2.05) is 25.1 Å². The van der Waals surface area contributed by atoms with Gasteiger partial charge in [0.25, 0.3) is 5.91 Å². The smallest absolute Gasteiger partial charge is 0.250 e. The lowest BCUT2D eigenvalue weighted by atomic mass is 10.0. The third kappa shape index (κ3) is 5.35. The van der Waals surface area contributed by atoms with Crippen molar-refractivity contribution in [2.24, 2.45) is 5.73 Å². The molecule has 6 heteroatoms. The number of nitrogens with zero attached hydrogens (tertiary/aromatic N) is 2. The fourth-order valence-electron chi connectivity index (χ4n) is 3.85. The van der Waals surface area contributed by atoms with Crippen LogP contribution in [-0.2, 0) is 4.79 Å². The maximum absolute atomic E-state index is 12.8. The van der Waals surface area contributed by atoms with Crippen LogP contribution in [0, 0.1) is 0 Å². The number of nitrogens with two attached hydrogens (primary N) is 1. The number of carbonyl (C=O) groups is 2. The van der Waals surface area contributed by atoms with Crippen molar-refractivity contribution >= 4 is 23.1 Å². The third-order valence-corrected chi connectivity index (χ3v) is 5.42. The molecule has 3 N–H and O–H groups in total. The van der Waals surface area contributed by atoms with Crippen molar-refractivity contribution in [3.63, 3.8) is 0 Å². The van der Waals surface area contributed by atoms with E-state index in [1.165, 1.54) is 5.69 Å². The first-order chi connectivity index (χ1) is 14.1. The molecule has 6 nitrogen and oxygen atoms in total. The van der Waals surface area contributed by atoms with Crippen molar-refractivity contribution in [2.75, 3.05) is 42.9 Å². The van der Waals surface area contributed by atoms with Gasteiger partial charge in [-0.3, -0.25) is 14.5 Å². The summed E-state index contributed by atoms with van der Waals surface area (Å²) in [6.07, 6.45) is 1.39. The Bertz CT molecular complexity index is 817. The Balaban J connectivity index is 1.67. The lowest BCUT2D eigenvalue weighted by Gasteiger charge is -2.40. The number of hydrogen-bond acceptors (Lipinski definition) is 5. The summed E-state index contributed by atoms with van der Waals surface area (Å²) in [4.78, 5) is 29.1. The third-order valence-electron chi connectivity index (χ3n) is 5.42. The Kier molecular flexibility index (Phi) is 7.25. The molecule has 0 spiro atoms. The quantitative estimate of drug-likeness (QED) is 0.684. The van der Waals surface area contributed by atoms with Gasteiger partial charge < -0.3 is 16.0 Å². The Labute approximate surface area is 172 Å². The molecule has 154 valence electrons. The van der Waals surface area contributed by atoms with E-state index in [0.717, 1.165) is 32.6 Å². The Morgan fingerprint density at radius 2 is 1.66 bits per heavy atom. The second kappa shape index (κ2) is 10.1. The molecule has 0 saturated carbocycles. The molecule has 1 saturated heterocycles. The number of amides is 1. The molecule has 0 aromatic heterocycles. The Morgan fingerprint density at radius 1 is 1.00 bits per heavy atom. The van der Waals surface area contributed by atoms with Gasteiger partial charge in [-0.2, -0.15) is 0 Å². The van der Waals surface area contributed by atoms with Gasteiger partial charge in [0, 0.05) is 50.5 Å². The Morgan fingerprint density at radius 3 is 2.31 bits per heavy atom. The highest BCUT2D eigenvalue weighted by atomic mass is 16.1. The van der Waals surface area contributed by atoms with Crippen LogP contribution in [-0.4, -0.2) is 55.4 Å². The summed E-state index contributed by atoms with van der Waals surface area (Å²) >= 11 is 0. The molecule has 0 aliphatic carbocycles. The average molecular weight is 395 g/mol. The second-order valence-electron chi connectivity index (χ2n) is 7.38. The maximum atomic E-state index is 12.8. The van der Waals surface area contributed by atoms with E-state index in [0.29, 0.717) is 24.2 Å². The monoisotopic (exact) mass is 394 g/mol. The van der Waals surface area contributed by atoms with Crippen LogP contribution in [0.3, 0.4) is 0 Å². The van der Waals surface area contributed by atoms with E-state index in [1.54, 1.807) is 12.1 Å². The molecule has 2 aromatic carbocycles. The highest BCUT2D eigenvalue weighted by molar-refractivity contribution is 5.98. The van der Waals surface area contributed by atoms with Crippen LogP contribution in [0.15, 0.2) is 54.6 Å². The average Bonchev–Trinajstić information content (AvgIpc) is 2.75. The number of hydrogen-bond donors (Lipinski definition) is 2. The number of Topliss-reactive ketones (excluding diaryl/α,β-unsaturated/α-hetero) is 1. The molecule has 0 bridgehead atoms. The van der Waals surface area contributed by atoms with E-state index < -0.39 is 5.91 Å². The van der Waals surface area contributed by atoms with Crippen molar-refractivity contribution in [3.8, 4) is 0 Å². The predicted molar refractivity (Wildman–Crippen MR) is 117 cm³/mol. The van der Waals surface area contributed by atoms with E-state index in [-0.39, 0.29) is 11.8 Å². The molecule has 1 fully saturated rings. The number of rotatable bonds is 9. The van der Waals surface area contributed by atoms with Crippen LogP contribution in [0.5, 0.6) is 0 Å². The largest absolute Gasteiger partial charge is 0.382 e. The molecule has 1 unspecified atom stereocenters. The first-order valence-electron chi connectivity index (χ1n) is 10.3. The zero-order valence-electron chi connectivity index (χ0n) is 17.0. The number of nitrogens with one attached hydrogen (secondary N) is 1. The van der Waals surface area contributed by atoms with Gasteiger partial charge in [0.2, 0.25) is 0 Å².